The molecule has 2 aliphatic heterocycles. The molecule has 1 atom stereocenters. The normalized spacial score (nSPS) is 22.8. The number of nitrogens with zero attached hydrogens (tertiary/aromatic N) is 2. The first-order valence-electron chi connectivity index (χ1n) is 9.03. The third-order valence-electron chi connectivity index (χ3n) is 5.05. The van der Waals surface area contributed by atoms with E-state index in [2.05, 4.69) is 6.92 Å². The van der Waals surface area contributed by atoms with Crippen LogP contribution in [0.15, 0.2) is 29.2 Å². The van der Waals surface area contributed by atoms with Crippen LogP contribution in [0.2, 0.25) is 0 Å². The molecule has 0 N–H and O–H groups in total. The Labute approximate surface area is 149 Å². The van der Waals surface area contributed by atoms with Gasteiger partial charge in [-0.2, -0.15) is 4.31 Å². The predicted molar refractivity (Wildman–Crippen MR) is 95.0 cm³/mol. The number of ether oxygens (including phenoxy) is 1. The van der Waals surface area contributed by atoms with Gasteiger partial charge < -0.3 is 9.64 Å². The van der Waals surface area contributed by atoms with Gasteiger partial charge in [0.1, 0.15) is 0 Å². The zero-order valence-electron chi connectivity index (χ0n) is 14.7. The van der Waals surface area contributed by atoms with Gasteiger partial charge in [0.2, 0.25) is 10.0 Å². The highest BCUT2D eigenvalue weighted by Gasteiger charge is 2.29. The molecule has 2 saturated heterocycles. The van der Waals surface area contributed by atoms with Gasteiger partial charge in [0.25, 0.3) is 5.91 Å². The SMILES string of the molecule is CC[C@H]1CCCCN1C(=O)c1cccc(S(=O)(=O)N2CCOCC2)c1. The minimum absolute atomic E-state index is 0.0643. The van der Waals surface area contributed by atoms with Crippen molar-refractivity contribution in [3.05, 3.63) is 29.8 Å². The Balaban J connectivity index is 1.84. The molecular weight excluding hydrogens is 340 g/mol. The lowest BCUT2D eigenvalue weighted by molar-refractivity contribution is 0.0607. The Morgan fingerprint density at radius 3 is 2.68 bits per heavy atom. The maximum Gasteiger partial charge on any atom is 0.254 e. The van der Waals surface area contributed by atoms with Crippen LogP contribution >= 0.6 is 0 Å². The van der Waals surface area contributed by atoms with E-state index < -0.39 is 10.0 Å². The zero-order chi connectivity index (χ0) is 17.9. The minimum atomic E-state index is -3.59. The maximum absolute atomic E-state index is 12.9. The Morgan fingerprint density at radius 2 is 1.96 bits per heavy atom. The molecule has 0 aliphatic carbocycles. The summed E-state index contributed by atoms with van der Waals surface area (Å²) in [4.78, 5) is 15.0. The highest BCUT2D eigenvalue weighted by molar-refractivity contribution is 7.89. The summed E-state index contributed by atoms with van der Waals surface area (Å²) >= 11 is 0. The highest BCUT2D eigenvalue weighted by atomic mass is 32.2. The summed E-state index contributed by atoms with van der Waals surface area (Å²) in [7, 11) is -3.59. The van der Waals surface area contributed by atoms with E-state index in [9.17, 15) is 13.2 Å². The highest BCUT2D eigenvalue weighted by Crippen LogP contribution is 2.24. The number of rotatable bonds is 4. The van der Waals surface area contributed by atoms with E-state index in [-0.39, 0.29) is 16.8 Å². The third-order valence-corrected chi connectivity index (χ3v) is 6.94. The fourth-order valence-corrected chi connectivity index (χ4v) is 5.04. The van der Waals surface area contributed by atoms with Crippen LogP contribution in [0.4, 0.5) is 0 Å². The second kappa shape index (κ2) is 7.85. The van der Waals surface area contributed by atoms with Crippen molar-refractivity contribution in [3.8, 4) is 0 Å². The van der Waals surface area contributed by atoms with Gasteiger partial charge in [-0.25, -0.2) is 8.42 Å². The number of likely N-dealkylation sites (tertiary alicyclic amines) is 1. The molecule has 25 heavy (non-hydrogen) atoms. The summed E-state index contributed by atoms with van der Waals surface area (Å²) in [6.45, 7) is 4.36. The molecule has 3 rings (SSSR count). The molecule has 138 valence electrons. The van der Waals surface area contributed by atoms with Gasteiger partial charge in [0.15, 0.2) is 0 Å². The molecule has 0 unspecified atom stereocenters. The summed E-state index contributed by atoms with van der Waals surface area (Å²) in [5.41, 5.74) is 0.453. The van der Waals surface area contributed by atoms with Crippen LogP contribution in [-0.4, -0.2) is 62.4 Å². The zero-order valence-corrected chi connectivity index (χ0v) is 15.5. The first-order chi connectivity index (χ1) is 12.0. The van der Waals surface area contributed by atoms with Crippen molar-refractivity contribution in [3.63, 3.8) is 0 Å². The topological polar surface area (TPSA) is 66.9 Å². The van der Waals surface area contributed by atoms with Gasteiger partial charge in [-0.1, -0.05) is 13.0 Å². The van der Waals surface area contributed by atoms with Crippen molar-refractivity contribution in [2.75, 3.05) is 32.8 Å². The molecule has 1 amide bonds. The van der Waals surface area contributed by atoms with Crippen LogP contribution < -0.4 is 0 Å². The number of benzene rings is 1. The molecule has 1 aromatic carbocycles. The monoisotopic (exact) mass is 366 g/mol. The molecular formula is C18H26N2O4S. The van der Waals surface area contributed by atoms with E-state index in [0.717, 1.165) is 32.2 Å². The van der Waals surface area contributed by atoms with E-state index in [1.54, 1.807) is 18.2 Å². The summed E-state index contributed by atoms with van der Waals surface area (Å²) in [5, 5.41) is 0. The summed E-state index contributed by atoms with van der Waals surface area (Å²) < 4.78 is 32.3. The number of piperidine rings is 1. The first kappa shape index (κ1) is 18.4. The molecule has 0 spiro atoms. The molecule has 2 fully saturated rings. The molecule has 0 saturated carbocycles. The van der Waals surface area contributed by atoms with Gasteiger partial charge in [0.05, 0.1) is 18.1 Å². The van der Waals surface area contributed by atoms with Crippen LogP contribution in [0, 0.1) is 0 Å². The number of hydrogen-bond donors (Lipinski definition) is 0. The van der Waals surface area contributed by atoms with Crippen LogP contribution in [0.5, 0.6) is 0 Å². The smallest absolute Gasteiger partial charge is 0.254 e. The van der Waals surface area contributed by atoms with Gasteiger partial charge in [-0.15, -0.1) is 0 Å². The van der Waals surface area contributed by atoms with Gasteiger partial charge in [-0.05, 0) is 43.9 Å². The Morgan fingerprint density at radius 1 is 1.20 bits per heavy atom. The van der Waals surface area contributed by atoms with Crippen molar-refractivity contribution in [1.29, 1.82) is 0 Å². The lowest BCUT2D eigenvalue weighted by Crippen LogP contribution is -2.43. The van der Waals surface area contributed by atoms with Crippen molar-refractivity contribution in [2.45, 2.75) is 43.5 Å². The second-order valence-corrected chi connectivity index (χ2v) is 8.54. The lowest BCUT2D eigenvalue weighted by Gasteiger charge is -2.35. The largest absolute Gasteiger partial charge is 0.379 e. The fourth-order valence-electron chi connectivity index (χ4n) is 3.58. The third kappa shape index (κ3) is 3.88. The molecule has 0 bridgehead atoms. The number of carbonyl (C=O) groups excluding carboxylic acids is 1. The number of hydrogen-bond acceptors (Lipinski definition) is 4. The lowest BCUT2D eigenvalue weighted by atomic mass is 9.99. The van der Waals surface area contributed by atoms with E-state index in [4.69, 9.17) is 4.74 Å². The summed E-state index contributed by atoms with van der Waals surface area (Å²) in [6.07, 6.45) is 4.10. The van der Waals surface area contributed by atoms with E-state index in [1.165, 1.54) is 10.4 Å². The summed E-state index contributed by atoms with van der Waals surface area (Å²) in [5.74, 6) is -0.0643. The van der Waals surface area contributed by atoms with Crippen molar-refractivity contribution in [1.82, 2.24) is 9.21 Å². The maximum atomic E-state index is 12.9. The molecule has 0 radical (unpaired) electrons. The molecule has 1 aromatic rings. The molecule has 7 heteroatoms. The van der Waals surface area contributed by atoms with Crippen LogP contribution in [-0.2, 0) is 14.8 Å². The first-order valence-corrected chi connectivity index (χ1v) is 10.5. The number of carbonyl (C=O) groups is 1. The fraction of sp³-hybridized carbons (Fsp3) is 0.611. The quantitative estimate of drug-likeness (QED) is 0.819. The number of sulfonamides is 1. The average molecular weight is 366 g/mol. The van der Waals surface area contributed by atoms with Crippen LogP contribution in [0.3, 0.4) is 0 Å². The van der Waals surface area contributed by atoms with Crippen LogP contribution in [0.1, 0.15) is 43.0 Å². The average Bonchev–Trinajstić information content (AvgIpc) is 2.68. The Hall–Kier alpha value is -1.44. The van der Waals surface area contributed by atoms with Gasteiger partial charge in [0, 0.05) is 31.2 Å². The van der Waals surface area contributed by atoms with E-state index in [0.29, 0.717) is 31.9 Å². The summed E-state index contributed by atoms with van der Waals surface area (Å²) in [6, 6.07) is 6.71. The number of morpholine rings is 1. The van der Waals surface area contributed by atoms with Crippen molar-refractivity contribution < 1.29 is 17.9 Å². The molecule has 2 aliphatic rings. The van der Waals surface area contributed by atoms with Gasteiger partial charge in [-0.3, -0.25) is 4.79 Å². The Bertz CT molecular complexity index is 714. The molecule has 6 nitrogen and oxygen atoms in total. The van der Waals surface area contributed by atoms with E-state index in [1.807, 2.05) is 4.90 Å². The number of amides is 1. The van der Waals surface area contributed by atoms with E-state index >= 15 is 0 Å². The van der Waals surface area contributed by atoms with Crippen molar-refractivity contribution >= 4 is 15.9 Å². The van der Waals surface area contributed by atoms with Gasteiger partial charge >= 0.3 is 0 Å². The Kier molecular flexibility index (Phi) is 5.76. The van der Waals surface area contributed by atoms with Crippen LogP contribution in [0.25, 0.3) is 0 Å². The van der Waals surface area contributed by atoms with Crippen molar-refractivity contribution in [2.24, 2.45) is 0 Å². The standard InChI is InChI=1S/C18H26N2O4S/c1-2-16-7-3-4-9-20(16)18(21)15-6-5-8-17(14-15)25(22,23)19-10-12-24-13-11-19/h5-6,8,14,16H,2-4,7,9-13H2,1H3/t16-/m0/s1. The predicted octanol–water partition coefficient (Wildman–Crippen LogP) is 2.11. The molecule has 0 aromatic heterocycles. The minimum Gasteiger partial charge on any atom is -0.379 e. The molecule has 2 heterocycles. The second-order valence-electron chi connectivity index (χ2n) is 6.60.